The second-order valence-corrected chi connectivity index (χ2v) is 7.43. The highest BCUT2D eigenvalue weighted by atomic mass is 32.2. The van der Waals surface area contributed by atoms with E-state index in [0.29, 0.717) is 6.61 Å². The van der Waals surface area contributed by atoms with E-state index in [4.69, 9.17) is 14.2 Å². The minimum absolute atomic E-state index is 0.00592. The van der Waals surface area contributed by atoms with Crippen LogP contribution in [0.3, 0.4) is 0 Å². The van der Waals surface area contributed by atoms with Crippen LogP contribution in [0.2, 0.25) is 0 Å². The predicted octanol–water partition coefficient (Wildman–Crippen LogP) is 1.63. The Labute approximate surface area is 148 Å². The third-order valence-electron chi connectivity index (χ3n) is 3.68. The summed E-state index contributed by atoms with van der Waals surface area (Å²) in [7, 11) is -2.62. The van der Waals surface area contributed by atoms with Crippen LogP contribution in [0.4, 0.5) is 4.79 Å². The quantitative estimate of drug-likeness (QED) is 0.745. The summed E-state index contributed by atoms with van der Waals surface area (Å²) in [4.78, 5) is 11.7. The number of amides is 1. The van der Waals surface area contributed by atoms with E-state index in [9.17, 15) is 13.2 Å². The van der Waals surface area contributed by atoms with Gasteiger partial charge in [-0.05, 0) is 24.8 Å². The largest absolute Gasteiger partial charge is 0.444 e. The van der Waals surface area contributed by atoms with Crippen LogP contribution in [-0.4, -0.2) is 51.9 Å². The summed E-state index contributed by atoms with van der Waals surface area (Å²) < 4.78 is 42.8. The molecule has 1 unspecified atom stereocenters. The second-order valence-electron chi connectivity index (χ2n) is 5.66. The molecule has 0 radical (unpaired) electrons. The Kier molecular flexibility index (Phi) is 7.63. The fourth-order valence-electron chi connectivity index (χ4n) is 2.21. The minimum atomic E-state index is -3.98. The van der Waals surface area contributed by atoms with E-state index in [1.54, 1.807) is 24.3 Å². The van der Waals surface area contributed by atoms with E-state index in [-0.39, 0.29) is 26.0 Å². The number of carbonyl (C=O) groups excluding carboxylic acids is 1. The zero-order valence-corrected chi connectivity index (χ0v) is 15.0. The van der Waals surface area contributed by atoms with Crippen molar-refractivity contribution < 1.29 is 27.4 Å². The van der Waals surface area contributed by atoms with Gasteiger partial charge in [0.1, 0.15) is 6.61 Å². The van der Waals surface area contributed by atoms with Gasteiger partial charge in [-0.3, -0.25) is 0 Å². The molecule has 1 atom stereocenters. The summed E-state index contributed by atoms with van der Waals surface area (Å²) in [6.07, 6.45) is 1.55. The van der Waals surface area contributed by atoms with Crippen molar-refractivity contribution >= 4 is 16.3 Å². The molecular formula is C16H24N2O6S. The maximum atomic E-state index is 12.1. The molecule has 1 aliphatic heterocycles. The molecule has 1 aliphatic rings. The lowest BCUT2D eigenvalue weighted by Crippen LogP contribution is -2.43. The second kappa shape index (κ2) is 9.71. The lowest BCUT2D eigenvalue weighted by atomic mass is 10.2. The summed E-state index contributed by atoms with van der Waals surface area (Å²) >= 11 is 0. The van der Waals surface area contributed by atoms with Gasteiger partial charge in [0.15, 0.2) is 6.29 Å². The molecule has 1 aromatic rings. The number of hydrogen-bond acceptors (Lipinski definition) is 6. The van der Waals surface area contributed by atoms with Gasteiger partial charge in [-0.1, -0.05) is 30.3 Å². The average molecular weight is 372 g/mol. The Morgan fingerprint density at radius 1 is 1.32 bits per heavy atom. The highest BCUT2D eigenvalue weighted by molar-refractivity contribution is 7.87. The van der Waals surface area contributed by atoms with E-state index < -0.39 is 16.3 Å². The number of nitrogens with one attached hydrogen (secondary N) is 1. The summed E-state index contributed by atoms with van der Waals surface area (Å²) in [6, 6.07) is 8.99. The molecular weight excluding hydrogens is 348 g/mol. The SMILES string of the molecule is CN(CCOC1CCCCO1)S(=O)(=O)NC(=O)OCc1ccccc1. The smallest absolute Gasteiger partial charge is 0.422 e. The zero-order valence-electron chi connectivity index (χ0n) is 14.2. The minimum Gasteiger partial charge on any atom is -0.444 e. The van der Waals surface area contributed by atoms with Crippen LogP contribution in [0.25, 0.3) is 0 Å². The third-order valence-corrected chi connectivity index (χ3v) is 5.11. The molecule has 0 saturated carbocycles. The molecule has 1 heterocycles. The zero-order chi connectivity index (χ0) is 18.1. The maximum Gasteiger partial charge on any atom is 0.422 e. The Morgan fingerprint density at radius 2 is 2.08 bits per heavy atom. The Hall–Kier alpha value is -1.68. The Bertz CT molecular complexity index is 631. The number of carbonyl (C=O) groups is 1. The van der Waals surface area contributed by atoms with Crippen molar-refractivity contribution in [3.8, 4) is 0 Å². The van der Waals surface area contributed by atoms with Crippen molar-refractivity contribution in [1.29, 1.82) is 0 Å². The van der Waals surface area contributed by atoms with E-state index in [1.165, 1.54) is 7.05 Å². The van der Waals surface area contributed by atoms with E-state index in [0.717, 1.165) is 29.1 Å². The highest BCUT2D eigenvalue weighted by Crippen LogP contribution is 2.13. The van der Waals surface area contributed by atoms with Gasteiger partial charge in [0.2, 0.25) is 0 Å². The van der Waals surface area contributed by atoms with Crippen LogP contribution >= 0.6 is 0 Å². The molecule has 0 aromatic heterocycles. The number of hydrogen-bond donors (Lipinski definition) is 1. The van der Waals surface area contributed by atoms with Crippen molar-refractivity contribution in [3.05, 3.63) is 35.9 Å². The molecule has 0 aliphatic carbocycles. The van der Waals surface area contributed by atoms with Crippen LogP contribution < -0.4 is 4.72 Å². The standard InChI is InChI=1S/C16H24N2O6S/c1-18(10-12-23-15-9-5-6-11-22-15)25(20,21)17-16(19)24-13-14-7-3-2-4-8-14/h2-4,7-8,15H,5-6,9-13H2,1H3,(H,17,19). The number of likely N-dealkylation sites (N-methyl/N-ethyl adjacent to an activating group) is 1. The molecule has 9 heteroatoms. The summed E-state index contributed by atoms with van der Waals surface area (Å²) in [5.74, 6) is 0. The van der Waals surface area contributed by atoms with Gasteiger partial charge in [0, 0.05) is 20.2 Å². The van der Waals surface area contributed by atoms with Crippen molar-refractivity contribution in [2.24, 2.45) is 0 Å². The summed E-state index contributed by atoms with van der Waals surface area (Å²) in [6.45, 7) is 0.934. The van der Waals surface area contributed by atoms with Crippen LogP contribution in [0, 0.1) is 0 Å². The number of benzene rings is 1. The van der Waals surface area contributed by atoms with Crippen molar-refractivity contribution in [3.63, 3.8) is 0 Å². The van der Waals surface area contributed by atoms with Gasteiger partial charge in [0.25, 0.3) is 0 Å². The fourth-order valence-corrected chi connectivity index (χ4v) is 2.95. The molecule has 1 aromatic carbocycles. The maximum absolute atomic E-state index is 12.1. The first-order valence-corrected chi connectivity index (χ1v) is 9.59. The molecule has 1 saturated heterocycles. The summed E-state index contributed by atoms with van der Waals surface area (Å²) in [5, 5.41) is 0. The third kappa shape index (κ3) is 6.99. The lowest BCUT2D eigenvalue weighted by molar-refractivity contribution is -0.162. The average Bonchev–Trinajstić information content (AvgIpc) is 2.61. The van der Waals surface area contributed by atoms with Crippen molar-refractivity contribution in [2.45, 2.75) is 32.2 Å². The van der Waals surface area contributed by atoms with Gasteiger partial charge in [-0.15, -0.1) is 0 Å². The van der Waals surface area contributed by atoms with E-state index in [2.05, 4.69) is 0 Å². The molecule has 1 N–H and O–H groups in total. The molecule has 140 valence electrons. The number of rotatable bonds is 8. The van der Waals surface area contributed by atoms with Crippen LogP contribution in [0.1, 0.15) is 24.8 Å². The molecule has 1 amide bonds. The van der Waals surface area contributed by atoms with Crippen LogP contribution in [0.5, 0.6) is 0 Å². The summed E-state index contributed by atoms with van der Waals surface area (Å²) in [5.41, 5.74) is 0.768. The normalized spacial score (nSPS) is 18.1. The van der Waals surface area contributed by atoms with Crippen LogP contribution in [-0.2, 0) is 31.0 Å². The van der Waals surface area contributed by atoms with Gasteiger partial charge in [0.05, 0.1) is 6.61 Å². The van der Waals surface area contributed by atoms with Gasteiger partial charge in [-0.2, -0.15) is 12.7 Å². The van der Waals surface area contributed by atoms with Gasteiger partial charge >= 0.3 is 16.3 Å². The van der Waals surface area contributed by atoms with Crippen molar-refractivity contribution in [2.75, 3.05) is 26.8 Å². The number of ether oxygens (including phenoxy) is 3. The number of nitrogens with zero attached hydrogens (tertiary/aromatic N) is 1. The van der Waals surface area contributed by atoms with E-state index in [1.807, 2.05) is 10.8 Å². The topological polar surface area (TPSA) is 94.2 Å². The molecule has 2 rings (SSSR count). The fraction of sp³-hybridized carbons (Fsp3) is 0.562. The lowest BCUT2D eigenvalue weighted by Gasteiger charge is -2.24. The first-order valence-electron chi connectivity index (χ1n) is 8.15. The van der Waals surface area contributed by atoms with Gasteiger partial charge in [-0.25, -0.2) is 9.52 Å². The highest BCUT2D eigenvalue weighted by Gasteiger charge is 2.22. The first kappa shape index (κ1) is 19.6. The predicted molar refractivity (Wildman–Crippen MR) is 90.9 cm³/mol. The Morgan fingerprint density at radius 3 is 2.76 bits per heavy atom. The van der Waals surface area contributed by atoms with E-state index >= 15 is 0 Å². The molecule has 8 nitrogen and oxygen atoms in total. The first-order chi connectivity index (χ1) is 12.0. The monoisotopic (exact) mass is 372 g/mol. The van der Waals surface area contributed by atoms with Crippen molar-refractivity contribution in [1.82, 2.24) is 9.03 Å². The molecule has 0 spiro atoms. The molecule has 1 fully saturated rings. The Balaban J connectivity index is 1.70. The van der Waals surface area contributed by atoms with Gasteiger partial charge < -0.3 is 14.2 Å². The molecule has 0 bridgehead atoms. The van der Waals surface area contributed by atoms with Crippen LogP contribution in [0.15, 0.2) is 30.3 Å². The molecule has 25 heavy (non-hydrogen) atoms.